The van der Waals surface area contributed by atoms with Crippen molar-refractivity contribution in [1.29, 1.82) is 0 Å². The minimum atomic E-state index is -0.161. The Labute approximate surface area is 150 Å². The molecule has 0 N–H and O–H groups in total. The Morgan fingerprint density at radius 2 is 1.52 bits per heavy atom. The van der Waals surface area contributed by atoms with E-state index in [1.807, 2.05) is 6.92 Å². The van der Waals surface area contributed by atoms with E-state index in [0.717, 1.165) is 5.69 Å². The van der Waals surface area contributed by atoms with Crippen LogP contribution in [0, 0.1) is 6.92 Å². The molecule has 0 unspecified atom stereocenters. The molecule has 0 aliphatic carbocycles. The lowest BCUT2D eigenvalue weighted by Gasteiger charge is -2.21. The topological polar surface area (TPSA) is 79.3 Å². The molecule has 0 saturated carbocycles. The number of aryl methyl sites for hydroxylation is 1. The van der Waals surface area contributed by atoms with Crippen LogP contribution in [0.3, 0.4) is 0 Å². The third kappa shape index (κ3) is 4.11. The lowest BCUT2D eigenvalue weighted by molar-refractivity contribution is 0.0712. The van der Waals surface area contributed by atoms with E-state index in [-0.39, 0.29) is 11.8 Å². The van der Waals surface area contributed by atoms with Crippen LogP contribution >= 0.6 is 11.6 Å². The molecule has 0 radical (unpaired) electrons. The van der Waals surface area contributed by atoms with Crippen LogP contribution in [0.2, 0.25) is 5.02 Å². The number of rotatable bonds is 2. The molecular weight excluding hydrogens is 342 g/mol. The molecule has 3 heterocycles. The molecule has 0 bridgehead atoms. The molecule has 25 heavy (non-hydrogen) atoms. The van der Waals surface area contributed by atoms with E-state index >= 15 is 0 Å². The normalized spacial score (nSPS) is 15.0. The molecule has 1 aliphatic rings. The first-order chi connectivity index (χ1) is 12.0. The molecule has 2 aromatic heterocycles. The number of nitrogens with zero attached hydrogens (tertiary/aromatic N) is 5. The molecule has 8 heteroatoms. The molecular formula is C17H18ClN5O2. The van der Waals surface area contributed by atoms with Gasteiger partial charge in [0.1, 0.15) is 11.4 Å². The van der Waals surface area contributed by atoms with Gasteiger partial charge in [-0.05, 0) is 25.5 Å². The molecule has 1 aliphatic heterocycles. The highest BCUT2D eigenvalue weighted by atomic mass is 35.5. The first-order valence-electron chi connectivity index (χ1n) is 8.03. The molecule has 0 aromatic carbocycles. The summed E-state index contributed by atoms with van der Waals surface area (Å²) < 4.78 is 0. The fourth-order valence-electron chi connectivity index (χ4n) is 2.65. The van der Waals surface area contributed by atoms with Crippen LogP contribution in [0.5, 0.6) is 0 Å². The third-order valence-corrected chi connectivity index (χ3v) is 4.24. The van der Waals surface area contributed by atoms with E-state index in [9.17, 15) is 9.59 Å². The van der Waals surface area contributed by atoms with Crippen molar-refractivity contribution in [3.05, 3.63) is 52.8 Å². The van der Waals surface area contributed by atoms with E-state index < -0.39 is 0 Å². The smallest absolute Gasteiger partial charge is 0.274 e. The predicted octanol–water partition coefficient (Wildman–Crippen LogP) is 1.82. The zero-order valence-electron chi connectivity index (χ0n) is 13.9. The highest BCUT2D eigenvalue weighted by Crippen LogP contribution is 2.12. The van der Waals surface area contributed by atoms with E-state index in [4.69, 9.17) is 11.6 Å². The Morgan fingerprint density at radius 3 is 2.08 bits per heavy atom. The summed E-state index contributed by atoms with van der Waals surface area (Å²) in [7, 11) is 0. The van der Waals surface area contributed by atoms with Crippen molar-refractivity contribution < 1.29 is 9.59 Å². The van der Waals surface area contributed by atoms with Gasteiger partial charge in [-0.25, -0.2) is 9.97 Å². The van der Waals surface area contributed by atoms with Gasteiger partial charge >= 0.3 is 0 Å². The molecule has 1 saturated heterocycles. The minimum absolute atomic E-state index is 0.152. The highest BCUT2D eigenvalue weighted by molar-refractivity contribution is 6.30. The monoisotopic (exact) mass is 359 g/mol. The average molecular weight is 360 g/mol. The van der Waals surface area contributed by atoms with Gasteiger partial charge in [-0.3, -0.25) is 14.6 Å². The number of pyridine rings is 1. The SMILES string of the molecule is Cc1cnc(C(=O)N2CCCN(C(=O)c3ccc(Cl)cn3)CC2)cn1. The lowest BCUT2D eigenvalue weighted by atomic mass is 10.3. The summed E-state index contributed by atoms with van der Waals surface area (Å²) in [5.74, 6) is -0.312. The van der Waals surface area contributed by atoms with Gasteiger partial charge in [0, 0.05) is 38.6 Å². The Hall–Kier alpha value is -2.54. The predicted molar refractivity (Wildman–Crippen MR) is 92.4 cm³/mol. The summed E-state index contributed by atoms with van der Waals surface area (Å²) in [6.07, 6.45) is 5.22. The van der Waals surface area contributed by atoms with E-state index in [1.54, 1.807) is 28.1 Å². The molecule has 3 rings (SSSR count). The zero-order valence-corrected chi connectivity index (χ0v) is 14.6. The first-order valence-corrected chi connectivity index (χ1v) is 8.41. The van der Waals surface area contributed by atoms with Crippen molar-refractivity contribution >= 4 is 23.4 Å². The van der Waals surface area contributed by atoms with Crippen LogP contribution < -0.4 is 0 Å². The largest absolute Gasteiger partial charge is 0.335 e. The number of halogens is 1. The Kier molecular flexibility index (Phi) is 5.23. The van der Waals surface area contributed by atoms with Gasteiger partial charge in [-0.15, -0.1) is 0 Å². The maximum Gasteiger partial charge on any atom is 0.274 e. The Morgan fingerprint density at radius 1 is 0.880 bits per heavy atom. The van der Waals surface area contributed by atoms with Crippen LogP contribution in [0.15, 0.2) is 30.7 Å². The first kappa shape index (κ1) is 17.3. The molecule has 0 spiro atoms. The van der Waals surface area contributed by atoms with Gasteiger partial charge in [-0.2, -0.15) is 0 Å². The summed E-state index contributed by atoms with van der Waals surface area (Å²) in [5.41, 5.74) is 1.44. The van der Waals surface area contributed by atoms with Gasteiger partial charge in [-0.1, -0.05) is 11.6 Å². The van der Waals surface area contributed by atoms with E-state index in [0.29, 0.717) is 49.0 Å². The zero-order chi connectivity index (χ0) is 17.8. The fourth-order valence-corrected chi connectivity index (χ4v) is 2.76. The van der Waals surface area contributed by atoms with Gasteiger partial charge in [0.25, 0.3) is 11.8 Å². The van der Waals surface area contributed by atoms with Crippen LogP contribution in [-0.2, 0) is 0 Å². The molecule has 1 fully saturated rings. The quantitative estimate of drug-likeness (QED) is 0.817. The standard InChI is InChI=1S/C17H18ClN5O2/c1-12-9-20-15(11-19-12)17(25)23-6-2-5-22(7-8-23)16(24)14-4-3-13(18)10-21-14/h3-4,9-11H,2,5-8H2,1H3. The van der Waals surface area contributed by atoms with Crippen molar-refractivity contribution in [2.24, 2.45) is 0 Å². The maximum absolute atomic E-state index is 12.5. The highest BCUT2D eigenvalue weighted by Gasteiger charge is 2.24. The lowest BCUT2D eigenvalue weighted by Crippen LogP contribution is -2.37. The minimum Gasteiger partial charge on any atom is -0.335 e. The molecule has 2 amide bonds. The summed E-state index contributed by atoms with van der Waals surface area (Å²) in [6, 6.07) is 3.26. The number of aromatic nitrogens is 3. The second-order valence-electron chi connectivity index (χ2n) is 5.84. The maximum atomic E-state index is 12.5. The summed E-state index contributed by atoms with van der Waals surface area (Å²) in [4.78, 5) is 40.8. The number of hydrogen-bond acceptors (Lipinski definition) is 5. The number of hydrogen-bond donors (Lipinski definition) is 0. The average Bonchev–Trinajstić information content (AvgIpc) is 2.88. The summed E-state index contributed by atoms with van der Waals surface area (Å²) in [5, 5.41) is 0.489. The summed E-state index contributed by atoms with van der Waals surface area (Å²) in [6.45, 7) is 3.88. The second-order valence-corrected chi connectivity index (χ2v) is 6.28. The Bertz CT molecular complexity index is 698. The van der Waals surface area contributed by atoms with E-state index in [1.165, 1.54) is 12.4 Å². The molecule has 0 atom stereocenters. The van der Waals surface area contributed by atoms with Crippen molar-refractivity contribution in [3.63, 3.8) is 0 Å². The Balaban J connectivity index is 1.65. The van der Waals surface area contributed by atoms with Crippen LogP contribution in [0.25, 0.3) is 0 Å². The van der Waals surface area contributed by atoms with Gasteiger partial charge in [0.2, 0.25) is 0 Å². The van der Waals surface area contributed by atoms with Crippen LogP contribution in [0.4, 0.5) is 0 Å². The van der Waals surface area contributed by atoms with Crippen molar-refractivity contribution in [3.8, 4) is 0 Å². The van der Waals surface area contributed by atoms with Crippen molar-refractivity contribution in [2.75, 3.05) is 26.2 Å². The van der Waals surface area contributed by atoms with Crippen LogP contribution in [-0.4, -0.2) is 62.7 Å². The number of carbonyl (C=O) groups excluding carboxylic acids is 2. The van der Waals surface area contributed by atoms with Crippen LogP contribution in [0.1, 0.15) is 33.1 Å². The summed E-state index contributed by atoms with van der Waals surface area (Å²) >= 11 is 5.81. The molecule has 2 aromatic rings. The van der Waals surface area contributed by atoms with Crippen molar-refractivity contribution in [2.45, 2.75) is 13.3 Å². The van der Waals surface area contributed by atoms with Crippen molar-refractivity contribution in [1.82, 2.24) is 24.8 Å². The van der Waals surface area contributed by atoms with Gasteiger partial charge in [0.05, 0.1) is 16.9 Å². The van der Waals surface area contributed by atoms with E-state index in [2.05, 4.69) is 15.0 Å². The van der Waals surface area contributed by atoms with Gasteiger partial charge in [0.15, 0.2) is 0 Å². The number of carbonyl (C=O) groups is 2. The van der Waals surface area contributed by atoms with Gasteiger partial charge < -0.3 is 9.80 Å². The molecule has 130 valence electrons. The molecule has 7 nitrogen and oxygen atoms in total. The number of amides is 2. The fraction of sp³-hybridized carbons (Fsp3) is 0.353. The third-order valence-electron chi connectivity index (χ3n) is 4.02. The second kappa shape index (κ2) is 7.57.